The standard InChI is InChI=1S/C22H28N2O7S2/c1-5-8-10-23-19(26)15(20(27)24(23)11-9-6-2)21-32-17-14(31-22(28)30-7-3)12-13(29-4)16(25)18(17)33-21/h12,25H,5-11H2,1-4H3. The summed E-state index contributed by atoms with van der Waals surface area (Å²) in [6.07, 6.45) is 2.44. The molecule has 0 radical (unpaired) electrons. The van der Waals surface area contributed by atoms with Gasteiger partial charge < -0.3 is 19.3 Å². The Morgan fingerprint density at radius 3 is 2.06 bits per heavy atom. The van der Waals surface area contributed by atoms with Gasteiger partial charge in [-0.1, -0.05) is 50.2 Å². The predicted molar refractivity (Wildman–Crippen MR) is 124 cm³/mol. The van der Waals surface area contributed by atoms with Crippen LogP contribution in [0.5, 0.6) is 17.2 Å². The van der Waals surface area contributed by atoms with Crippen LogP contribution in [-0.4, -0.2) is 59.9 Å². The van der Waals surface area contributed by atoms with Gasteiger partial charge in [-0.05, 0) is 19.8 Å². The molecule has 0 atom stereocenters. The Hall–Kier alpha value is -2.53. The molecule has 11 heteroatoms. The van der Waals surface area contributed by atoms with E-state index in [1.165, 1.54) is 23.2 Å². The van der Waals surface area contributed by atoms with Crippen LogP contribution in [0.2, 0.25) is 0 Å². The van der Waals surface area contributed by atoms with Crippen LogP contribution in [0.25, 0.3) is 0 Å². The monoisotopic (exact) mass is 496 g/mol. The van der Waals surface area contributed by atoms with Crippen molar-refractivity contribution in [1.29, 1.82) is 0 Å². The number of unbranched alkanes of at least 4 members (excludes halogenated alkanes) is 2. The molecule has 1 fully saturated rings. The number of carbonyl (C=O) groups excluding carboxylic acids is 3. The maximum Gasteiger partial charge on any atom is 0.513 e. The molecular weight excluding hydrogens is 468 g/mol. The summed E-state index contributed by atoms with van der Waals surface area (Å²) in [6.45, 7) is 6.76. The summed E-state index contributed by atoms with van der Waals surface area (Å²) in [6, 6.07) is 1.38. The number of benzene rings is 1. The summed E-state index contributed by atoms with van der Waals surface area (Å²) in [5, 5.41) is 13.7. The van der Waals surface area contributed by atoms with Gasteiger partial charge in [0.15, 0.2) is 17.2 Å². The molecule has 9 nitrogen and oxygen atoms in total. The van der Waals surface area contributed by atoms with Crippen molar-refractivity contribution in [3.05, 3.63) is 15.9 Å². The van der Waals surface area contributed by atoms with Crippen molar-refractivity contribution < 1.29 is 33.7 Å². The number of hydrazine groups is 1. The highest BCUT2D eigenvalue weighted by atomic mass is 32.2. The van der Waals surface area contributed by atoms with E-state index in [-0.39, 0.29) is 41.2 Å². The highest BCUT2D eigenvalue weighted by Crippen LogP contribution is 2.61. The Morgan fingerprint density at radius 2 is 1.55 bits per heavy atom. The lowest BCUT2D eigenvalue weighted by molar-refractivity contribution is -0.147. The molecule has 180 valence electrons. The first-order chi connectivity index (χ1) is 15.9. The second-order valence-electron chi connectivity index (χ2n) is 7.30. The third-order valence-electron chi connectivity index (χ3n) is 5.04. The Labute approximate surface area is 201 Å². The van der Waals surface area contributed by atoms with Crippen LogP contribution >= 0.6 is 23.5 Å². The number of hydrogen-bond donors (Lipinski definition) is 1. The fourth-order valence-corrected chi connectivity index (χ4v) is 5.98. The normalized spacial score (nSPS) is 15.4. The Kier molecular flexibility index (Phi) is 8.41. The summed E-state index contributed by atoms with van der Waals surface area (Å²) in [5.74, 6) is -0.640. The van der Waals surface area contributed by atoms with Gasteiger partial charge in [0, 0.05) is 19.2 Å². The summed E-state index contributed by atoms with van der Waals surface area (Å²) in [7, 11) is 1.38. The zero-order valence-electron chi connectivity index (χ0n) is 19.1. The first kappa shape index (κ1) is 25.1. The Bertz CT molecular complexity index is 952. The number of phenols is 1. The maximum absolute atomic E-state index is 13.3. The highest BCUT2D eigenvalue weighted by Gasteiger charge is 2.44. The second kappa shape index (κ2) is 11.1. The van der Waals surface area contributed by atoms with Crippen molar-refractivity contribution >= 4 is 41.5 Å². The van der Waals surface area contributed by atoms with E-state index < -0.39 is 6.16 Å². The number of aromatic hydroxyl groups is 1. The molecule has 0 unspecified atom stereocenters. The number of carbonyl (C=O) groups is 3. The second-order valence-corrected chi connectivity index (χ2v) is 9.60. The van der Waals surface area contributed by atoms with E-state index in [1.54, 1.807) is 6.92 Å². The lowest BCUT2D eigenvalue weighted by Gasteiger charge is -2.27. The zero-order chi connectivity index (χ0) is 24.1. The fraction of sp³-hybridized carbons (Fsp3) is 0.500. The minimum atomic E-state index is -0.899. The number of ether oxygens (including phenoxy) is 3. The molecule has 33 heavy (non-hydrogen) atoms. The van der Waals surface area contributed by atoms with E-state index in [2.05, 4.69) is 0 Å². The number of phenolic OH excluding ortho intramolecular Hbond substituents is 1. The number of methoxy groups -OCH3 is 1. The van der Waals surface area contributed by atoms with E-state index in [4.69, 9.17) is 14.2 Å². The van der Waals surface area contributed by atoms with Crippen LogP contribution < -0.4 is 9.47 Å². The number of rotatable bonds is 9. The van der Waals surface area contributed by atoms with Crippen LogP contribution in [0.3, 0.4) is 0 Å². The van der Waals surface area contributed by atoms with E-state index >= 15 is 0 Å². The molecule has 1 saturated heterocycles. The highest BCUT2D eigenvalue weighted by molar-refractivity contribution is 8.25. The number of fused-ring (bicyclic) bond motifs is 1. The summed E-state index contributed by atoms with van der Waals surface area (Å²) >= 11 is 2.20. The molecule has 2 aliphatic heterocycles. The van der Waals surface area contributed by atoms with Crippen LogP contribution in [0.1, 0.15) is 46.5 Å². The van der Waals surface area contributed by atoms with E-state index in [0.717, 1.165) is 49.2 Å². The molecule has 0 aliphatic carbocycles. The van der Waals surface area contributed by atoms with Gasteiger partial charge in [0.1, 0.15) is 5.57 Å². The van der Waals surface area contributed by atoms with Gasteiger partial charge in [0.05, 0.1) is 27.7 Å². The molecule has 0 bridgehead atoms. The van der Waals surface area contributed by atoms with E-state index in [0.29, 0.717) is 27.1 Å². The lowest BCUT2D eigenvalue weighted by Crippen LogP contribution is -2.42. The van der Waals surface area contributed by atoms with Gasteiger partial charge in [0.25, 0.3) is 11.8 Å². The molecule has 2 heterocycles. The van der Waals surface area contributed by atoms with Crippen LogP contribution in [0.4, 0.5) is 4.79 Å². The number of thioether (sulfide) groups is 2. The van der Waals surface area contributed by atoms with Gasteiger partial charge in [-0.25, -0.2) is 14.8 Å². The van der Waals surface area contributed by atoms with Gasteiger partial charge >= 0.3 is 6.16 Å². The van der Waals surface area contributed by atoms with Crippen LogP contribution in [0, 0.1) is 0 Å². The topological polar surface area (TPSA) is 106 Å². The number of hydrogen-bond acceptors (Lipinski definition) is 9. The molecule has 1 N–H and O–H groups in total. The zero-order valence-corrected chi connectivity index (χ0v) is 20.8. The summed E-state index contributed by atoms with van der Waals surface area (Å²) < 4.78 is 15.8. The van der Waals surface area contributed by atoms with Crippen molar-refractivity contribution in [2.45, 2.75) is 56.2 Å². The fourth-order valence-electron chi connectivity index (χ4n) is 3.36. The smallest absolute Gasteiger partial charge is 0.503 e. The van der Waals surface area contributed by atoms with Gasteiger partial charge in [-0.15, -0.1) is 0 Å². The molecule has 0 saturated carbocycles. The predicted octanol–water partition coefficient (Wildman–Crippen LogP) is 4.53. The van der Waals surface area contributed by atoms with Gasteiger partial charge in [0.2, 0.25) is 0 Å². The molecule has 2 aliphatic rings. The average Bonchev–Trinajstić information content (AvgIpc) is 3.32. The Balaban J connectivity index is 2.01. The van der Waals surface area contributed by atoms with Crippen molar-refractivity contribution in [3.63, 3.8) is 0 Å². The Morgan fingerprint density at radius 1 is 0.970 bits per heavy atom. The van der Waals surface area contributed by atoms with Gasteiger partial charge in [-0.2, -0.15) is 0 Å². The third-order valence-corrected chi connectivity index (χ3v) is 7.66. The first-order valence-corrected chi connectivity index (χ1v) is 12.5. The quantitative estimate of drug-likeness (QED) is 0.228. The minimum Gasteiger partial charge on any atom is -0.503 e. The summed E-state index contributed by atoms with van der Waals surface area (Å²) in [4.78, 5) is 39.3. The number of nitrogens with zero attached hydrogens (tertiary/aromatic N) is 2. The summed E-state index contributed by atoms with van der Waals surface area (Å²) in [5.41, 5.74) is 0.0638. The molecule has 2 amide bonds. The molecule has 1 aromatic rings. The van der Waals surface area contributed by atoms with Crippen molar-refractivity contribution in [3.8, 4) is 17.2 Å². The molecule has 0 spiro atoms. The van der Waals surface area contributed by atoms with Crippen LogP contribution in [-0.2, 0) is 14.3 Å². The largest absolute Gasteiger partial charge is 0.513 e. The van der Waals surface area contributed by atoms with Crippen molar-refractivity contribution in [2.24, 2.45) is 0 Å². The van der Waals surface area contributed by atoms with Crippen molar-refractivity contribution in [1.82, 2.24) is 10.0 Å². The SMILES string of the molecule is CCCCN1C(=O)C(=C2Sc3c(OC(=O)OCC)cc(OC)c(O)c3S2)C(=O)N1CCCC. The minimum absolute atomic E-state index is 0.0638. The molecular formula is C22H28N2O7S2. The van der Waals surface area contributed by atoms with Crippen LogP contribution in [0.15, 0.2) is 25.7 Å². The van der Waals surface area contributed by atoms with E-state index in [1.807, 2.05) is 13.8 Å². The first-order valence-electron chi connectivity index (χ1n) is 10.9. The third kappa shape index (κ3) is 5.03. The maximum atomic E-state index is 13.3. The lowest BCUT2D eigenvalue weighted by atomic mass is 10.3. The van der Waals surface area contributed by atoms with E-state index in [9.17, 15) is 19.5 Å². The molecule has 3 rings (SSSR count). The molecule has 0 aromatic heterocycles. The van der Waals surface area contributed by atoms with Gasteiger partial charge in [-0.3, -0.25) is 9.59 Å². The number of amides is 2. The van der Waals surface area contributed by atoms with Crippen molar-refractivity contribution in [2.75, 3.05) is 26.8 Å². The average molecular weight is 497 g/mol. The molecule has 1 aromatic carbocycles.